The fourth-order valence-corrected chi connectivity index (χ4v) is 3.77. The van der Waals surface area contributed by atoms with Crippen molar-refractivity contribution >= 4 is 35.0 Å². The summed E-state index contributed by atoms with van der Waals surface area (Å²) < 4.78 is 51.6. The molecule has 2 amide bonds. The highest BCUT2D eigenvalue weighted by molar-refractivity contribution is 7.99. The molecule has 1 aliphatic rings. The summed E-state index contributed by atoms with van der Waals surface area (Å²) in [5.74, 6) is 0.0295. The molecule has 0 spiro atoms. The first kappa shape index (κ1) is 22.8. The van der Waals surface area contributed by atoms with E-state index in [1.807, 2.05) is 0 Å². The maximum Gasteiger partial charge on any atom is 0.409 e. The predicted octanol–water partition coefficient (Wildman–Crippen LogP) is 4.11. The van der Waals surface area contributed by atoms with Crippen LogP contribution in [0.1, 0.15) is 6.42 Å². The summed E-state index contributed by atoms with van der Waals surface area (Å²) in [6.07, 6.45) is -5.60. The smallest absolute Gasteiger partial charge is 0.409 e. The molecular formula is C21H21F3N2O4S. The Balaban J connectivity index is 1.63. The molecule has 166 valence electrons. The van der Waals surface area contributed by atoms with Crippen LogP contribution in [0.25, 0.3) is 0 Å². The van der Waals surface area contributed by atoms with Crippen LogP contribution in [0, 0.1) is 0 Å². The highest BCUT2D eigenvalue weighted by Crippen LogP contribution is 2.38. The average molecular weight is 454 g/mol. The molecule has 1 atom stereocenters. The van der Waals surface area contributed by atoms with Gasteiger partial charge in [-0.15, -0.1) is 11.8 Å². The Hall–Kier alpha value is -2.88. The Bertz CT molecular complexity index is 922. The third kappa shape index (κ3) is 5.84. The van der Waals surface area contributed by atoms with Crippen molar-refractivity contribution in [3.63, 3.8) is 0 Å². The zero-order valence-electron chi connectivity index (χ0n) is 16.6. The van der Waals surface area contributed by atoms with E-state index in [-0.39, 0.29) is 23.7 Å². The maximum atomic E-state index is 13.7. The van der Waals surface area contributed by atoms with Gasteiger partial charge in [0.05, 0.1) is 37.3 Å². The Morgan fingerprint density at radius 2 is 1.84 bits per heavy atom. The number of carbonyl (C=O) groups excluding carboxylic acids is 2. The lowest BCUT2D eigenvalue weighted by Gasteiger charge is -2.31. The molecule has 0 saturated carbocycles. The number of nitrogens with one attached hydrogen (secondary N) is 1. The second-order valence-electron chi connectivity index (χ2n) is 6.67. The SMILES string of the molecule is COc1ccc(OCCSCC(=O)N2c3ccccc3NC(=O)CC2C(F)(F)F)cc1. The fraction of sp³-hybridized carbons (Fsp3) is 0.333. The van der Waals surface area contributed by atoms with Crippen molar-refractivity contribution in [2.75, 3.05) is 35.4 Å². The molecule has 1 heterocycles. The van der Waals surface area contributed by atoms with Crippen LogP contribution in [0.4, 0.5) is 24.5 Å². The number of amides is 2. The van der Waals surface area contributed by atoms with Gasteiger partial charge in [-0.3, -0.25) is 14.5 Å². The van der Waals surface area contributed by atoms with Crippen molar-refractivity contribution in [1.82, 2.24) is 0 Å². The topological polar surface area (TPSA) is 67.9 Å². The van der Waals surface area contributed by atoms with E-state index in [1.165, 1.54) is 18.2 Å². The van der Waals surface area contributed by atoms with E-state index in [2.05, 4.69) is 5.32 Å². The van der Waals surface area contributed by atoms with E-state index in [0.717, 1.165) is 11.8 Å². The molecule has 0 aliphatic carbocycles. The summed E-state index contributed by atoms with van der Waals surface area (Å²) in [6, 6.07) is 10.7. The normalized spacial score (nSPS) is 16.2. The summed E-state index contributed by atoms with van der Waals surface area (Å²) >= 11 is 1.16. The minimum Gasteiger partial charge on any atom is -0.497 e. The second-order valence-corrected chi connectivity index (χ2v) is 7.77. The molecule has 1 aliphatic heterocycles. The number of fused-ring (bicyclic) bond motifs is 1. The molecule has 1 unspecified atom stereocenters. The molecule has 3 rings (SSSR count). The Morgan fingerprint density at radius 1 is 1.16 bits per heavy atom. The minimum absolute atomic E-state index is 0.0377. The molecule has 10 heteroatoms. The van der Waals surface area contributed by atoms with E-state index >= 15 is 0 Å². The van der Waals surface area contributed by atoms with E-state index in [0.29, 0.717) is 22.2 Å². The number of hydrogen-bond acceptors (Lipinski definition) is 5. The summed E-state index contributed by atoms with van der Waals surface area (Å²) in [7, 11) is 1.56. The second kappa shape index (κ2) is 9.95. The van der Waals surface area contributed by atoms with Crippen molar-refractivity contribution in [1.29, 1.82) is 0 Å². The number of nitrogens with zero attached hydrogens (tertiary/aromatic N) is 1. The van der Waals surface area contributed by atoms with Gasteiger partial charge >= 0.3 is 6.18 Å². The number of alkyl halides is 3. The first-order valence-corrected chi connectivity index (χ1v) is 10.6. The van der Waals surface area contributed by atoms with Crippen LogP contribution in [0.15, 0.2) is 48.5 Å². The van der Waals surface area contributed by atoms with Crippen LogP contribution in [-0.2, 0) is 9.59 Å². The molecule has 6 nitrogen and oxygen atoms in total. The van der Waals surface area contributed by atoms with E-state index in [9.17, 15) is 22.8 Å². The maximum absolute atomic E-state index is 13.7. The van der Waals surface area contributed by atoms with Gasteiger partial charge < -0.3 is 14.8 Å². The standard InChI is InChI=1S/C21H21F3N2O4S/c1-29-14-6-8-15(9-7-14)30-10-11-31-13-20(28)26-17-5-3-2-4-16(17)25-19(27)12-18(26)21(22,23)24/h2-9,18H,10-13H2,1H3,(H,25,27). The molecule has 2 aromatic carbocycles. The van der Waals surface area contributed by atoms with Crippen molar-refractivity contribution < 1.29 is 32.2 Å². The summed E-state index contributed by atoms with van der Waals surface area (Å²) in [5.41, 5.74) is 0.219. The van der Waals surface area contributed by atoms with E-state index in [4.69, 9.17) is 9.47 Å². The average Bonchev–Trinajstić information content (AvgIpc) is 2.89. The van der Waals surface area contributed by atoms with Gasteiger partial charge in [0.25, 0.3) is 0 Å². The number of carbonyl (C=O) groups is 2. The number of benzene rings is 2. The lowest BCUT2D eigenvalue weighted by molar-refractivity contribution is -0.157. The molecule has 0 aromatic heterocycles. The number of thioether (sulfide) groups is 1. The van der Waals surface area contributed by atoms with Gasteiger partial charge in [-0.05, 0) is 36.4 Å². The van der Waals surface area contributed by atoms with Crippen LogP contribution >= 0.6 is 11.8 Å². The highest BCUT2D eigenvalue weighted by Gasteiger charge is 2.48. The molecule has 31 heavy (non-hydrogen) atoms. The largest absolute Gasteiger partial charge is 0.497 e. The van der Waals surface area contributed by atoms with Crippen molar-refractivity contribution in [3.05, 3.63) is 48.5 Å². The van der Waals surface area contributed by atoms with Gasteiger partial charge in [0.15, 0.2) is 0 Å². The van der Waals surface area contributed by atoms with Gasteiger partial charge in [0, 0.05) is 5.75 Å². The Kier molecular flexibility index (Phi) is 7.32. The third-order valence-corrected chi connectivity index (χ3v) is 5.46. The monoisotopic (exact) mass is 454 g/mol. The molecule has 0 fully saturated rings. The molecular weight excluding hydrogens is 433 g/mol. The number of methoxy groups -OCH3 is 1. The van der Waals surface area contributed by atoms with Crippen LogP contribution in [0.2, 0.25) is 0 Å². The Labute approximate surface area is 181 Å². The number of rotatable bonds is 7. The zero-order valence-corrected chi connectivity index (χ0v) is 17.5. The first-order chi connectivity index (χ1) is 14.8. The van der Waals surface area contributed by atoms with Crippen LogP contribution in [0.3, 0.4) is 0 Å². The van der Waals surface area contributed by atoms with Gasteiger partial charge in [0.2, 0.25) is 11.8 Å². The van der Waals surface area contributed by atoms with E-state index in [1.54, 1.807) is 37.4 Å². The molecule has 2 aromatic rings. The number of halogens is 3. The van der Waals surface area contributed by atoms with Crippen LogP contribution in [-0.4, -0.2) is 49.3 Å². The lowest BCUT2D eigenvalue weighted by atomic mass is 10.1. The van der Waals surface area contributed by atoms with Gasteiger partial charge in [-0.2, -0.15) is 13.2 Å². The van der Waals surface area contributed by atoms with Crippen molar-refractivity contribution in [2.24, 2.45) is 0 Å². The zero-order chi connectivity index (χ0) is 22.4. The van der Waals surface area contributed by atoms with Gasteiger partial charge in [-0.25, -0.2) is 0 Å². The minimum atomic E-state index is -4.74. The van der Waals surface area contributed by atoms with Crippen LogP contribution in [0.5, 0.6) is 11.5 Å². The van der Waals surface area contributed by atoms with Crippen molar-refractivity contribution in [2.45, 2.75) is 18.6 Å². The highest BCUT2D eigenvalue weighted by atomic mass is 32.2. The van der Waals surface area contributed by atoms with E-state index < -0.39 is 30.5 Å². The molecule has 0 bridgehead atoms. The fourth-order valence-electron chi connectivity index (χ4n) is 3.12. The Morgan fingerprint density at radius 3 is 2.52 bits per heavy atom. The quantitative estimate of drug-likeness (QED) is 0.638. The van der Waals surface area contributed by atoms with Crippen LogP contribution < -0.4 is 19.7 Å². The third-order valence-electron chi connectivity index (χ3n) is 4.56. The molecule has 1 N–H and O–H groups in total. The summed E-state index contributed by atoms with van der Waals surface area (Å²) in [4.78, 5) is 25.4. The number of hydrogen-bond donors (Lipinski definition) is 1. The molecule has 0 radical (unpaired) electrons. The lowest BCUT2D eigenvalue weighted by Crippen LogP contribution is -2.50. The van der Waals surface area contributed by atoms with Gasteiger partial charge in [0.1, 0.15) is 17.5 Å². The predicted molar refractivity (Wildman–Crippen MR) is 113 cm³/mol. The number of para-hydroxylation sites is 2. The summed E-state index contributed by atoms with van der Waals surface area (Å²) in [5, 5.41) is 2.44. The molecule has 0 saturated heterocycles. The number of anilines is 2. The number of ether oxygens (including phenoxy) is 2. The van der Waals surface area contributed by atoms with Crippen molar-refractivity contribution in [3.8, 4) is 11.5 Å². The summed E-state index contributed by atoms with van der Waals surface area (Å²) in [6.45, 7) is 0.281. The van der Waals surface area contributed by atoms with Gasteiger partial charge in [-0.1, -0.05) is 12.1 Å². The first-order valence-electron chi connectivity index (χ1n) is 9.42.